The van der Waals surface area contributed by atoms with E-state index in [1.807, 2.05) is 55.5 Å². The minimum Gasteiger partial charge on any atom is -0.378 e. The first-order valence-electron chi connectivity index (χ1n) is 7.69. The Hall–Kier alpha value is -3.21. The standard InChI is InChI=1S/C19H18N4O/c1-14-6-2-3-8-17(14)23-19(24)18-10-9-16(13-22-18)21-12-15-7-4-5-11-20-15/h2-11,13,21H,12H2,1H3,(H,23,24). The van der Waals surface area contributed by atoms with E-state index >= 15 is 0 Å². The average Bonchev–Trinajstić information content (AvgIpc) is 2.63. The van der Waals surface area contributed by atoms with Gasteiger partial charge in [-0.15, -0.1) is 0 Å². The van der Waals surface area contributed by atoms with Crippen molar-refractivity contribution in [3.63, 3.8) is 0 Å². The molecule has 3 aromatic rings. The molecular formula is C19H18N4O. The molecule has 0 fully saturated rings. The molecule has 1 amide bonds. The number of pyridine rings is 2. The number of aromatic nitrogens is 2. The van der Waals surface area contributed by atoms with Crippen LogP contribution in [0.1, 0.15) is 21.7 Å². The Morgan fingerprint density at radius 2 is 1.83 bits per heavy atom. The number of hydrogen-bond acceptors (Lipinski definition) is 4. The first kappa shape index (κ1) is 15.7. The number of aryl methyl sites for hydroxylation is 1. The molecule has 2 aromatic heterocycles. The molecular weight excluding hydrogens is 300 g/mol. The molecule has 0 aliphatic rings. The second kappa shape index (κ2) is 7.37. The molecule has 2 N–H and O–H groups in total. The highest BCUT2D eigenvalue weighted by Crippen LogP contribution is 2.15. The fourth-order valence-corrected chi connectivity index (χ4v) is 2.23. The predicted octanol–water partition coefficient (Wildman–Crippen LogP) is 3.65. The summed E-state index contributed by atoms with van der Waals surface area (Å²) in [7, 11) is 0. The topological polar surface area (TPSA) is 66.9 Å². The van der Waals surface area contributed by atoms with Crippen LogP contribution in [0.5, 0.6) is 0 Å². The summed E-state index contributed by atoms with van der Waals surface area (Å²) in [5, 5.41) is 6.10. The Morgan fingerprint density at radius 1 is 1.00 bits per heavy atom. The number of benzene rings is 1. The van der Waals surface area contributed by atoms with Gasteiger partial charge in [-0.1, -0.05) is 24.3 Å². The molecule has 120 valence electrons. The van der Waals surface area contributed by atoms with E-state index in [9.17, 15) is 4.79 Å². The summed E-state index contributed by atoms with van der Waals surface area (Å²) in [6.07, 6.45) is 3.41. The minimum atomic E-state index is -0.222. The summed E-state index contributed by atoms with van der Waals surface area (Å²) in [6.45, 7) is 2.56. The Bertz CT molecular complexity index is 816. The number of rotatable bonds is 5. The lowest BCUT2D eigenvalue weighted by atomic mass is 10.2. The summed E-state index contributed by atoms with van der Waals surface area (Å²) in [5.74, 6) is -0.222. The van der Waals surface area contributed by atoms with Crippen LogP contribution in [0.25, 0.3) is 0 Å². The molecule has 0 saturated heterocycles. The van der Waals surface area contributed by atoms with E-state index in [1.165, 1.54) is 0 Å². The van der Waals surface area contributed by atoms with Crippen molar-refractivity contribution in [2.45, 2.75) is 13.5 Å². The number of para-hydroxylation sites is 1. The summed E-state index contributed by atoms with van der Waals surface area (Å²) < 4.78 is 0. The zero-order chi connectivity index (χ0) is 16.8. The summed E-state index contributed by atoms with van der Waals surface area (Å²) in [6, 6.07) is 17.0. The van der Waals surface area contributed by atoms with E-state index in [0.29, 0.717) is 12.2 Å². The maximum absolute atomic E-state index is 12.3. The van der Waals surface area contributed by atoms with Crippen LogP contribution < -0.4 is 10.6 Å². The molecule has 0 bridgehead atoms. The van der Waals surface area contributed by atoms with Gasteiger partial charge in [-0.05, 0) is 42.8 Å². The number of anilines is 2. The van der Waals surface area contributed by atoms with Gasteiger partial charge in [0.2, 0.25) is 0 Å². The maximum Gasteiger partial charge on any atom is 0.274 e. The van der Waals surface area contributed by atoms with E-state index in [1.54, 1.807) is 18.5 Å². The minimum absolute atomic E-state index is 0.222. The average molecular weight is 318 g/mol. The maximum atomic E-state index is 12.3. The van der Waals surface area contributed by atoms with Gasteiger partial charge in [0, 0.05) is 11.9 Å². The third kappa shape index (κ3) is 3.95. The van der Waals surface area contributed by atoms with Crippen LogP contribution in [0.2, 0.25) is 0 Å². The van der Waals surface area contributed by atoms with Crippen molar-refractivity contribution in [2.75, 3.05) is 10.6 Å². The molecule has 0 aliphatic carbocycles. The molecule has 0 saturated carbocycles. The fourth-order valence-electron chi connectivity index (χ4n) is 2.23. The highest BCUT2D eigenvalue weighted by molar-refractivity contribution is 6.03. The molecule has 2 heterocycles. The molecule has 0 atom stereocenters. The molecule has 0 unspecified atom stereocenters. The van der Waals surface area contributed by atoms with Gasteiger partial charge < -0.3 is 10.6 Å². The van der Waals surface area contributed by atoms with E-state index in [4.69, 9.17) is 0 Å². The van der Waals surface area contributed by atoms with E-state index in [0.717, 1.165) is 22.6 Å². The number of carbonyl (C=O) groups is 1. The van der Waals surface area contributed by atoms with Gasteiger partial charge in [-0.25, -0.2) is 4.98 Å². The summed E-state index contributed by atoms with van der Waals surface area (Å²) in [4.78, 5) is 20.7. The monoisotopic (exact) mass is 318 g/mol. The van der Waals surface area contributed by atoms with Crippen LogP contribution in [-0.4, -0.2) is 15.9 Å². The number of nitrogens with one attached hydrogen (secondary N) is 2. The normalized spacial score (nSPS) is 10.2. The second-order valence-electron chi connectivity index (χ2n) is 5.38. The molecule has 5 nitrogen and oxygen atoms in total. The van der Waals surface area contributed by atoms with Gasteiger partial charge >= 0.3 is 0 Å². The van der Waals surface area contributed by atoms with Gasteiger partial charge in [0.05, 0.1) is 24.1 Å². The van der Waals surface area contributed by atoms with Crippen molar-refractivity contribution in [1.29, 1.82) is 0 Å². The zero-order valence-corrected chi connectivity index (χ0v) is 13.4. The largest absolute Gasteiger partial charge is 0.378 e. The van der Waals surface area contributed by atoms with Crippen LogP contribution >= 0.6 is 0 Å². The van der Waals surface area contributed by atoms with Gasteiger partial charge in [0.1, 0.15) is 5.69 Å². The van der Waals surface area contributed by atoms with Crippen molar-refractivity contribution in [3.8, 4) is 0 Å². The van der Waals surface area contributed by atoms with Crippen LogP contribution in [0.15, 0.2) is 67.0 Å². The summed E-state index contributed by atoms with van der Waals surface area (Å²) >= 11 is 0. The highest BCUT2D eigenvalue weighted by atomic mass is 16.1. The zero-order valence-electron chi connectivity index (χ0n) is 13.4. The molecule has 1 aromatic carbocycles. The Balaban J connectivity index is 1.61. The molecule has 0 radical (unpaired) electrons. The fraction of sp³-hybridized carbons (Fsp3) is 0.105. The van der Waals surface area contributed by atoms with Crippen molar-refractivity contribution in [1.82, 2.24) is 9.97 Å². The molecule has 0 aliphatic heterocycles. The van der Waals surface area contributed by atoms with Gasteiger partial charge in [-0.2, -0.15) is 0 Å². The highest BCUT2D eigenvalue weighted by Gasteiger charge is 2.08. The van der Waals surface area contributed by atoms with E-state index in [-0.39, 0.29) is 5.91 Å². The summed E-state index contributed by atoms with van der Waals surface area (Å²) in [5.41, 5.74) is 3.97. The molecule has 24 heavy (non-hydrogen) atoms. The van der Waals surface area contributed by atoms with Crippen molar-refractivity contribution in [3.05, 3.63) is 83.9 Å². The van der Waals surface area contributed by atoms with Crippen molar-refractivity contribution < 1.29 is 4.79 Å². The number of amides is 1. The second-order valence-corrected chi connectivity index (χ2v) is 5.38. The van der Waals surface area contributed by atoms with Crippen LogP contribution in [-0.2, 0) is 6.54 Å². The van der Waals surface area contributed by atoms with Crippen molar-refractivity contribution >= 4 is 17.3 Å². The van der Waals surface area contributed by atoms with Crippen LogP contribution in [0, 0.1) is 6.92 Å². The quantitative estimate of drug-likeness (QED) is 0.753. The third-order valence-corrected chi connectivity index (χ3v) is 3.59. The number of hydrogen-bond donors (Lipinski definition) is 2. The smallest absolute Gasteiger partial charge is 0.274 e. The predicted molar refractivity (Wildman–Crippen MR) is 94.9 cm³/mol. The van der Waals surface area contributed by atoms with Gasteiger partial charge in [0.25, 0.3) is 5.91 Å². The lowest BCUT2D eigenvalue weighted by molar-refractivity contribution is 0.102. The van der Waals surface area contributed by atoms with E-state index < -0.39 is 0 Å². The molecule has 3 rings (SSSR count). The lowest BCUT2D eigenvalue weighted by Crippen LogP contribution is -2.14. The van der Waals surface area contributed by atoms with Crippen LogP contribution in [0.3, 0.4) is 0 Å². The first-order valence-corrected chi connectivity index (χ1v) is 7.69. The Labute approximate surface area is 140 Å². The number of nitrogens with zero attached hydrogens (tertiary/aromatic N) is 2. The third-order valence-electron chi connectivity index (χ3n) is 3.59. The van der Waals surface area contributed by atoms with Crippen molar-refractivity contribution in [2.24, 2.45) is 0 Å². The van der Waals surface area contributed by atoms with Gasteiger partial charge in [0.15, 0.2) is 0 Å². The molecule has 5 heteroatoms. The Kier molecular flexibility index (Phi) is 4.81. The van der Waals surface area contributed by atoms with Crippen LogP contribution in [0.4, 0.5) is 11.4 Å². The van der Waals surface area contributed by atoms with Gasteiger partial charge in [-0.3, -0.25) is 9.78 Å². The number of carbonyl (C=O) groups excluding carboxylic acids is 1. The lowest BCUT2D eigenvalue weighted by Gasteiger charge is -2.09. The SMILES string of the molecule is Cc1ccccc1NC(=O)c1ccc(NCc2ccccn2)cn1. The van der Waals surface area contributed by atoms with E-state index in [2.05, 4.69) is 20.6 Å². The Morgan fingerprint density at radius 3 is 2.54 bits per heavy atom. The first-order chi connectivity index (χ1) is 11.7. The molecule has 0 spiro atoms.